The molecule has 1 fully saturated rings. The van der Waals surface area contributed by atoms with Gasteiger partial charge in [0.2, 0.25) is 5.91 Å². The number of piperazine rings is 1. The smallest absolute Gasteiger partial charge is 0.267 e. The number of thioether (sulfide) groups is 1. The van der Waals surface area contributed by atoms with Gasteiger partial charge in [-0.1, -0.05) is 11.8 Å². The van der Waals surface area contributed by atoms with Gasteiger partial charge in [0.05, 0.1) is 6.54 Å². The first-order valence-corrected chi connectivity index (χ1v) is 6.94. The van der Waals surface area contributed by atoms with Crippen LogP contribution in [0.3, 0.4) is 0 Å². The number of fused-ring (bicyclic) bond motifs is 1. The second kappa shape index (κ2) is 4.69. The van der Waals surface area contributed by atoms with E-state index in [9.17, 15) is 14.4 Å². The Morgan fingerprint density at radius 3 is 3.00 bits per heavy atom. The molecule has 0 bridgehead atoms. The molecule has 2 amide bonds. The zero-order valence-corrected chi connectivity index (χ0v) is 10.9. The minimum absolute atomic E-state index is 0.00518. The van der Waals surface area contributed by atoms with Crippen LogP contribution in [-0.4, -0.2) is 51.7 Å². The minimum Gasteiger partial charge on any atom is -0.353 e. The molecule has 1 N–H and O–H groups in total. The Labute approximate surface area is 113 Å². The molecule has 3 rings (SSSR count). The van der Waals surface area contributed by atoms with Gasteiger partial charge in [0.1, 0.15) is 5.56 Å². The highest BCUT2D eigenvalue weighted by molar-refractivity contribution is 7.99. The largest absolute Gasteiger partial charge is 0.353 e. The third kappa shape index (κ3) is 2.12. The molecule has 100 valence electrons. The lowest BCUT2D eigenvalue weighted by molar-refractivity contribution is -0.123. The molecule has 8 heteroatoms. The van der Waals surface area contributed by atoms with Gasteiger partial charge in [-0.15, -0.1) is 0 Å². The Hall–Kier alpha value is -1.83. The quantitative estimate of drug-likeness (QED) is 0.662. The van der Waals surface area contributed by atoms with E-state index in [1.54, 1.807) is 0 Å². The summed E-state index contributed by atoms with van der Waals surface area (Å²) in [6, 6.07) is 0. The number of hydrogen-bond acceptors (Lipinski definition) is 5. The van der Waals surface area contributed by atoms with Gasteiger partial charge in [-0.25, -0.2) is 4.98 Å². The van der Waals surface area contributed by atoms with E-state index in [2.05, 4.69) is 10.3 Å². The maximum atomic E-state index is 12.3. The first-order chi connectivity index (χ1) is 9.16. The van der Waals surface area contributed by atoms with Crippen LogP contribution in [0.15, 0.2) is 16.1 Å². The van der Waals surface area contributed by atoms with Crippen LogP contribution in [-0.2, 0) is 11.3 Å². The first-order valence-electron chi connectivity index (χ1n) is 5.95. The maximum Gasteiger partial charge on any atom is 0.267 e. The van der Waals surface area contributed by atoms with Crippen LogP contribution in [0.1, 0.15) is 10.4 Å². The lowest BCUT2D eigenvalue weighted by Crippen LogP contribution is -2.51. The molecule has 1 saturated heterocycles. The van der Waals surface area contributed by atoms with Crippen molar-refractivity contribution in [2.75, 3.05) is 25.4 Å². The highest BCUT2D eigenvalue weighted by Crippen LogP contribution is 2.20. The Morgan fingerprint density at radius 1 is 1.37 bits per heavy atom. The van der Waals surface area contributed by atoms with Crippen molar-refractivity contribution in [3.63, 3.8) is 0 Å². The van der Waals surface area contributed by atoms with Gasteiger partial charge in [0.15, 0.2) is 5.16 Å². The summed E-state index contributed by atoms with van der Waals surface area (Å²) >= 11 is 1.50. The van der Waals surface area contributed by atoms with Crippen molar-refractivity contribution in [1.29, 1.82) is 0 Å². The number of carbonyl (C=O) groups is 2. The normalized spacial score (nSPS) is 18.1. The maximum absolute atomic E-state index is 12.3. The summed E-state index contributed by atoms with van der Waals surface area (Å²) in [6.45, 7) is 1.41. The monoisotopic (exact) mass is 280 g/mol. The van der Waals surface area contributed by atoms with Gasteiger partial charge in [-0.05, 0) is 0 Å². The van der Waals surface area contributed by atoms with E-state index >= 15 is 0 Å². The Balaban J connectivity index is 1.92. The third-order valence-electron chi connectivity index (χ3n) is 3.11. The van der Waals surface area contributed by atoms with Crippen LogP contribution >= 0.6 is 11.8 Å². The van der Waals surface area contributed by atoms with Crippen molar-refractivity contribution in [3.8, 4) is 0 Å². The van der Waals surface area contributed by atoms with Crippen LogP contribution in [0.2, 0.25) is 0 Å². The van der Waals surface area contributed by atoms with Crippen molar-refractivity contribution in [2.24, 2.45) is 0 Å². The molecule has 0 aromatic carbocycles. The zero-order chi connectivity index (χ0) is 13.4. The van der Waals surface area contributed by atoms with E-state index in [4.69, 9.17) is 0 Å². The van der Waals surface area contributed by atoms with E-state index in [1.165, 1.54) is 27.4 Å². The Bertz CT molecular complexity index is 612. The number of rotatable bonds is 1. The molecule has 2 aliphatic heterocycles. The summed E-state index contributed by atoms with van der Waals surface area (Å²) in [6.07, 6.45) is 1.32. The molecule has 19 heavy (non-hydrogen) atoms. The van der Waals surface area contributed by atoms with E-state index < -0.39 is 5.91 Å². The first kappa shape index (κ1) is 12.2. The molecule has 0 aliphatic carbocycles. The van der Waals surface area contributed by atoms with Crippen LogP contribution in [0, 0.1) is 0 Å². The van der Waals surface area contributed by atoms with E-state index in [0.29, 0.717) is 24.8 Å². The summed E-state index contributed by atoms with van der Waals surface area (Å²) < 4.78 is 1.52. The zero-order valence-electron chi connectivity index (χ0n) is 10.1. The molecule has 0 spiro atoms. The number of amides is 2. The van der Waals surface area contributed by atoms with E-state index in [-0.39, 0.29) is 23.6 Å². The number of carbonyl (C=O) groups excluding carboxylic acids is 2. The summed E-state index contributed by atoms with van der Waals surface area (Å²) in [5.41, 5.74) is -0.271. The average Bonchev–Trinajstić information content (AvgIpc) is 2.88. The van der Waals surface area contributed by atoms with Gasteiger partial charge < -0.3 is 10.2 Å². The second-order valence-corrected chi connectivity index (χ2v) is 5.40. The summed E-state index contributed by atoms with van der Waals surface area (Å²) in [4.78, 5) is 41.2. The standard InChI is InChI=1S/C11H12N4O3S/c16-8-6-14(2-1-12-8)9(17)7-5-13-11-15(10(7)18)3-4-19-11/h5H,1-4,6H2,(H,12,16). The molecule has 2 aliphatic rings. The lowest BCUT2D eigenvalue weighted by atomic mass is 10.2. The van der Waals surface area contributed by atoms with Crippen molar-refractivity contribution in [1.82, 2.24) is 19.8 Å². The molecular formula is C11H12N4O3S. The number of hydrogen-bond donors (Lipinski definition) is 1. The number of nitrogens with zero attached hydrogens (tertiary/aromatic N) is 3. The van der Waals surface area contributed by atoms with Gasteiger partial charge in [0.25, 0.3) is 11.5 Å². The lowest BCUT2D eigenvalue weighted by Gasteiger charge is -2.26. The second-order valence-electron chi connectivity index (χ2n) is 4.34. The highest BCUT2D eigenvalue weighted by atomic mass is 32.2. The molecule has 1 aromatic heterocycles. The molecule has 1 aromatic rings. The van der Waals surface area contributed by atoms with Crippen LogP contribution in [0.5, 0.6) is 0 Å². The van der Waals surface area contributed by atoms with Gasteiger partial charge in [0, 0.05) is 31.6 Å². The number of aromatic nitrogens is 2. The van der Waals surface area contributed by atoms with Crippen LogP contribution < -0.4 is 10.9 Å². The molecule has 0 saturated carbocycles. The summed E-state index contributed by atoms with van der Waals surface area (Å²) in [5.74, 6) is 0.176. The van der Waals surface area contributed by atoms with Crippen molar-refractivity contribution in [3.05, 3.63) is 22.1 Å². The number of nitrogens with one attached hydrogen (secondary N) is 1. The van der Waals surface area contributed by atoms with Gasteiger partial charge in [-0.2, -0.15) is 0 Å². The molecule has 0 atom stereocenters. The fourth-order valence-corrected chi connectivity index (χ4v) is 3.06. The predicted octanol–water partition coefficient (Wildman–Crippen LogP) is -1.08. The van der Waals surface area contributed by atoms with Crippen molar-refractivity contribution < 1.29 is 9.59 Å². The fraction of sp³-hybridized carbons (Fsp3) is 0.455. The van der Waals surface area contributed by atoms with E-state index in [0.717, 1.165) is 5.75 Å². The van der Waals surface area contributed by atoms with Crippen LogP contribution in [0.4, 0.5) is 0 Å². The average molecular weight is 280 g/mol. The fourth-order valence-electron chi connectivity index (χ4n) is 2.15. The minimum atomic E-state index is -0.417. The van der Waals surface area contributed by atoms with Crippen molar-refractivity contribution >= 4 is 23.6 Å². The van der Waals surface area contributed by atoms with Crippen molar-refractivity contribution in [2.45, 2.75) is 11.7 Å². The Kier molecular flexibility index (Phi) is 3.02. The molecule has 0 radical (unpaired) electrons. The SMILES string of the molecule is O=C1CN(C(=O)c2cnc3n(c2=O)CCS3)CCN1. The molecule has 3 heterocycles. The van der Waals surface area contributed by atoms with Crippen LogP contribution in [0.25, 0.3) is 0 Å². The summed E-state index contributed by atoms with van der Waals surface area (Å²) in [5, 5.41) is 3.29. The molecule has 0 unspecified atom stereocenters. The van der Waals surface area contributed by atoms with E-state index in [1.807, 2.05) is 0 Å². The predicted molar refractivity (Wildman–Crippen MR) is 68.1 cm³/mol. The highest BCUT2D eigenvalue weighted by Gasteiger charge is 2.26. The topological polar surface area (TPSA) is 84.3 Å². The summed E-state index contributed by atoms with van der Waals surface area (Å²) in [7, 11) is 0. The van der Waals surface area contributed by atoms with Gasteiger partial charge in [-0.3, -0.25) is 19.0 Å². The molecular weight excluding hydrogens is 268 g/mol. The third-order valence-corrected chi connectivity index (χ3v) is 4.08. The Morgan fingerprint density at radius 2 is 2.21 bits per heavy atom. The van der Waals surface area contributed by atoms with Gasteiger partial charge >= 0.3 is 0 Å². The molecule has 7 nitrogen and oxygen atoms in total.